The van der Waals surface area contributed by atoms with Crippen molar-refractivity contribution in [3.05, 3.63) is 111 Å². The Bertz CT molecular complexity index is 1850. The zero-order chi connectivity index (χ0) is 31.5. The number of Topliss-reactive ketones (excluding diaryl/α,β-unsaturated/α-hetero) is 1. The average molecular weight is 636 g/mol. The van der Waals surface area contributed by atoms with Crippen LogP contribution in [0.3, 0.4) is 0 Å². The zero-order valence-corrected chi connectivity index (χ0v) is 26.1. The Balaban J connectivity index is 0.000000186. The predicted octanol–water partition coefficient (Wildman–Crippen LogP) is 4.46. The molecular formula is C33H34ClN3O6S. The second-order valence-electron chi connectivity index (χ2n) is 11.3. The Morgan fingerprint density at radius 1 is 1.02 bits per heavy atom. The number of anilines is 1. The fourth-order valence-electron chi connectivity index (χ4n) is 5.81. The summed E-state index contributed by atoms with van der Waals surface area (Å²) in [5, 5.41) is 6.98. The van der Waals surface area contributed by atoms with Crippen molar-refractivity contribution in [3.8, 4) is 0 Å². The highest BCUT2D eigenvalue weighted by Gasteiger charge is 2.45. The summed E-state index contributed by atoms with van der Waals surface area (Å²) in [6.45, 7) is 3.93. The number of halogens is 1. The van der Waals surface area contributed by atoms with Crippen LogP contribution >= 0.6 is 11.6 Å². The van der Waals surface area contributed by atoms with Crippen LogP contribution in [0.2, 0.25) is 5.02 Å². The van der Waals surface area contributed by atoms with Gasteiger partial charge in [0.15, 0.2) is 17.0 Å². The topological polar surface area (TPSA) is 126 Å². The van der Waals surface area contributed by atoms with Gasteiger partial charge in [0.05, 0.1) is 23.4 Å². The molecule has 1 amide bonds. The highest BCUT2D eigenvalue weighted by Crippen LogP contribution is 2.46. The molecule has 2 aliphatic heterocycles. The zero-order valence-electron chi connectivity index (χ0n) is 24.5. The molecule has 3 heterocycles. The van der Waals surface area contributed by atoms with E-state index < -0.39 is 22.0 Å². The predicted molar refractivity (Wildman–Crippen MR) is 172 cm³/mol. The fourth-order valence-corrected chi connectivity index (χ4v) is 6.94. The molecule has 4 aromatic rings. The summed E-state index contributed by atoms with van der Waals surface area (Å²) >= 11 is 5.86. The van der Waals surface area contributed by atoms with Crippen LogP contribution in [0.4, 0.5) is 5.69 Å². The minimum absolute atomic E-state index is 0.0188. The van der Waals surface area contributed by atoms with E-state index in [4.69, 9.17) is 16.0 Å². The molecule has 2 aliphatic rings. The number of carbonyl (C=O) groups is 2. The Hall–Kier alpha value is -3.99. The second kappa shape index (κ2) is 12.9. The molecule has 1 aromatic heterocycles. The number of rotatable bonds is 6. The molecule has 0 unspecified atom stereocenters. The van der Waals surface area contributed by atoms with Gasteiger partial charge >= 0.3 is 0 Å². The van der Waals surface area contributed by atoms with E-state index in [1.807, 2.05) is 18.2 Å². The quantitative estimate of drug-likeness (QED) is 0.320. The Morgan fingerprint density at radius 3 is 2.36 bits per heavy atom. The van der Waals surface area contributed by atoms with Crippen LogP contribution in [0.1, 0.15) is 41.4 Å². The van der Waals surface area contributed by atoms with E-state index >= 15 is 0 Å². The first kappa shape index (κ1) is 31.4. The fraction of sp³-hybridized carbons (Fsp3) is 0.303. The number of amides is 1. The Morgan fingerprint density at radius 2 is 1.68 bits per heavy atom. The van der Waals surface area contributed by atoms with Crippen molar-refractivity contribution in [1.29, 1.82) is 0 Å². The lowest BCUT2D eigenvalue weighted by atomic mass is 9.75. The number of piperidine rings is 1. The summed E-state index contributed by atoms with van der Waals surface area (Å²) in [6.07, 6.45) is 3.63. The molecule has 0 aliphatic carbocycles. The van der Waals surface area contributed by atoms with E-state index in [-0.39, 0.29) is 22.4 Å². The van der Waals surface area contributed by atoms with Crippen molar-refractivity contribution >= 4 is 50.0 Å². The Labute approximate surface area is 261 Å². The van der Waals surface area contributed by atoms with Crippen molar-refractivity contribution in [2.45, 2.75) is 37.6 Å². The number of ketones is 1. The largest absolute Gasteiger partial charge is 0.451 e. The van der Waals surface area contributed by atoms with Crippen molar-refractivity contribution in [2.75, 3.05) is 30.2 Å². The number of nitrogens with one attached hydrogen (secondary N) is 2. The first-order valence-electron chi connectivity index (χ1n) is 14.3. The average Bonchev–Trinajstić information content (AvgIpc) is 3.32. The highest BCUT2D eigenvalue weighted by atomic mass is 35.5. The Kier molecular flexibility index (Phi) is 9.24. The number of fused-ring (bicyclic) bond motifs is 3. The summed E-state index contributed by atoms with van der Waals surface area (Å²) in [7, 11) is -3.18. The van der Waals surface area contributed by atoms with Crippen LogP contribution < -0.4 is 20.4 Å². The van der Waals surface area contributed by atoms with E-state index in [2.05, 4.69) is 16.7 Å². The van der Waals surface area contributed by atoms with Gasteiger partial charge in [-0.3, -0.25) is 18.7 Å². The van der Waals surface area contributed by atoms with Crippen LogP contribution in [0.15, 0.2) is 88.1 Å². The van der Waals surface area contributed by atoms with Gasteiger partial charge in [0.1, 0.15) is 5.58 Å². The number of hydrogen-bond donors (Lipinski definition) is 2. The lowest BCUT2D eigenvalue weighted by Crippen LogP contribution is -2.44. The summed E-state index contributed by atoms with van der Waals surface area (Å²) in [5.41, 5.74) is 2.97. The summed E-state index contributed by atoms with van der Waals surface area (Å²) < 4.78 is 31.0. The number of carbonyl (C=O) groups excluding carboxylic acids is 2. The maximum Gasteiger partial charge on any atom is 0.287 e. The van der Waals surface area contributed by atoms with Gasteiger partial charge < -0.3 is 15.1 Å². The monoisotopic (exact) mass is 635 g/mol. The number of benzene rings is 3. The minimum Gasteiger partial charge on any atom is -0.451 e. The van der Waals surface area contributed by atoms with Crippen molar-refractivity contribution < 1.29 is 22.4 Å². The minimum atomic E-state index is -3.18. The molecule has 9 nitrogen and oxygen atoms in total. The summed E-state index contributed by atoms with van der Waals surface area (Å²) in [6, 6.07) is 22.0. The molecule has 1 fully saturated rings. The van der Waals surface area contributed by atoms with E-state index in [0.717, 1.165) is 43.2 Å². The van der Waals surface area contributed by atoms with E-state index in [1.54, 1.807) is 52.8 Å². The SMILES string of the molecule is CC(=O)[C@H](Cc1ccc(Cl)cc1)NC(=O)c1cc(=O)c2ccccc2o1.CS(=O)(=O)N1CC2(CCNCC2)c2ccccc21. The lowest BCUT2D eigenvalue weighted by Gasteiger charge is -2.34. The van der Waals surface area contributed by atoms with Crippen LogP contribution in [-0.4, -0.2) is 52.0 Å². The molecule has 3 aromatic carbocycles. The first-order chi connectivity index (χ1) is 21.0. The van der Waals surface area contributed by atoms with Gasteiger partial charge in [-0.25, -0.2) is 8.42 Å². The smallest absolute Gasteiger partial charge is 0.287 e. The third-order valence-corrected chi connectivity index (χ3v) is 9.54. The van der Waals surface area contributed by atoms with Crippen molar-refractivity contribution in [1.82, 2.24) is 10.6 Å². The molecule has 6 rings (SSSR count). The molecule has 11 heteroatoms. The van der Waals surface area contributed by atoms with E-state index in [1.165, 1.54) is 18.7 Å². The number of nitrogens with zero attached hydrogens (tertiary/aromatic N) is 1. The standard InChI is InChI=1S/C20H16ClNO4.C13H18N2O2S/c1-12(23)16(10-13-6-8-14(21)9-7-13)22-20(25)19-11-17(24)15-4-2-3-5-18(15)26-19;1-18(16,17)15-10-13(6-8-14-9-7-13)11-4-2-3-5-12(11)15/h2-9,11,16H,10H2,1H3,(H,22,25);2-5,14H,6-10H2,1H3/t16-;/m0./s1. The van der Waals surface area contributed by atoms with Crippen LogP contribution in [0, 0.1) is 0 Å². The molecule has 1 spiro atoms. The highest BCUT2D eigenvalue weighted by molar-refractivity contribution is 7.92. The first-order valence-corrected chi connectivity index (χ1v) is 16.6. The van der Waals surface area contributed by atoms with E-state index in [9.17, 15) is 22.8 Å². The maximum atomic E-state index is 12.5. The molecule has 1 atom stereocenters. The van der Waals surface area contributed by atoms with Gasteiger partial charge in [-0.1, -0.05) is 54.1 Å². The second-order valence-corrected chi connectivity index (χ2v) is 13.6. The van der Waals surface area contributed by atoms with Crippen LogP contribution in [-0.2, 0) is 26.7 Å². The number of para-hydroxylation sites is 2. The van der Waals surface area contributed by atoms with Gasteiger partial charge in [0, 0.05) is 23.0 Å². The number of hydrogen-bond acceptors (Lipinski definition) is 7. The van der Waals surface area contributed by atoms with Gasteiger partial charge in [-0.2, -0.15) is 0 Å². The third-order valence-electron chi connectivity index (χ3n) is 8.16. The van der Waals surface area contributed by atoms with Crippen molar-refractivity contribution in [3.63, 3.8) is 0 Å². The van der Waals surface area contributed by atoms with E-state index in [0.29, 0.717) is 29.0 Å². The number of sulfonamides is 1. The lowest BCUT2D eigenvalue weighted by molar-refractivity contribution is -0.118. The molecule has 0 bridgehead atoms. The molecule has 44 heavy (non-hydrogen) atoms. The molecular weight excluding hydrogens is 602 g/mol. The summed E-state index contributed by atoms with van der Waals surface area (Å²) in [5.74, 6) is -0.936. The third kappa shape index (κ3) is 6.88. The van der Waals surface area contributed by atoms with Gasteiger partial charge in [-0.05, 0) is 80.7 Å². The van der Waals surface area contributed by atoms with Gasteiger partial charge in [-0.15, -0.1) is 0 Å². The maximum absolute atomic E-state index is 12.5. The summed E-state index contributed by atoms with van der Waals surface area (Å²) in [4.78, 5) is 36.5. The molecule has 0 saturated carbocycles. The van der Waals surface area contributed by atoms with Gasteiger partial charge in [0.2, 0.25) is 10.0 Å². The van der Waals surface area contributed by atoms with Gasteiger partial charge in [0.25, 0.3) is 5.91 Å². The van der Waals surface area contributed by atoms with Crippen LogP contribution in [0.25, 0.3) is 11.0 Å². The van der Waals surface area contributed by atoms with Crippen LogP contribution in [0.5, 0.6) is 0 Å². The molecule has 0 radical (unpaired) electrons. The molecule has 2 N–H and O–H groups in total. The normalized spacial score (nSPS) is 16.1. The molecule has 1 saturated heterocycles. The van der Waals surface area contributed by atoms with Crippen molar-refractivity contribution in [2.24, 2.45) is 0 Å². The molecule has 230 valence electrons.